The number of hydrogen-bond acceptors (Lipinski definition) is 5. The van der Waals surface area contributed by atoms with Gasteiger partial charge in [-0.25, -0.2) is 9.97 Å². The van der Waals surface area contributed by atoms with Gasteiger partial charge in [-0.15, -0.1) is 0 Å². The minimum Gasteiger partial charge on any atom is -0.487 e. The second-order valence-corrected chi connectivity index (χ2v) is 6.94. The molecule has 0 aliphatic carbocycles. The Bertz CT molecular complexity index is 759. The third-order valence-electron chi connectivity index (χ3n) is 5.08. The quantitative estimate of drug-likeness (QED) is 0.848. The summed E-state index contributed by atoms with van der Waals surface area (Å²) in [4.78, 5) is 14.2. The van der Waals surface area contributed by atoms with Crippen molar-refractivity contribution in [1.82, 2.24) is 14.9 Å². The predicted molar refractivity (Wildman–Crippen MR) is 94.7 cm³/mol. The second kappa shape index (κ2) is 6.06. The lowest BCUT2D eigenvalue weighted by Crippen LogP contribution is -2.32. The molecule has 126 valence electrons. The van der Waals surface area contributed by atoms with Crippen molar-refractivity contribution in [3.05, 3.63) is 46.9 Å². The second-order valence-electron chi connectivity index (χ2n) is 6.94. The number of hydrogen-bond donors (Lipinski definition) is 0. The summed E-state index contributed by atoms with van der Waals surface area (Å²) in [7, 11) is 4.31. The molecule has 0 radical (unpaired) electrons. The monoisotopic (exact) mass is 324 g/mol. The number of ether oxygens (including phenoxy) is 1. The first-order chi connectivity index (χ1) is 11.6. The number of fused-ring (bicyclic) bond motifs is 2. The van der Waals surface area contributed by atoms with Crippen molar-refractivity contribution >= 4 is 5.82 Å². The number of rotatable bonds is 2. The van der Waals surface area contributed by atoms with E-state index in [1.807, 2.05) is 19.1 Å². The third-order valence-corrected chi connectivity index (χ3v) is 5.08. The van der Waals surface area contributed by atoms with Crippen LogP contribution in [-0.2, 0) is 13.0 Å². The van der Waals surface area contributed by atoms with E-state index in [2.05, 4.69) is 41.0 Å². The Hall–Kier alpha value is -2.14. The standard InChI is InChI=1S/C19H24N4O/c1-13-20-17-12-24-18-7-5-4-6-14(18)10-16(17)19(21-13)23-9-8-15(11-23)22(2)3/h4-7,15H,8-12H2,1-3H3/t15-/m0/s1. The first-order valence-electron chi connectivity index (χ1n) is 8.60. The molecule has 0 unspecified atom stereocenters. The van der Waals surface area contributed by atoms with Gasteiger partial charge in [0, 0.05) is 31.1 Å². The van der Waals surface area contributed by atoms with Crippen LogP contribution in [0.2, 0.25) is 0 Å². The zero-order valence-electron chi connectivity index (χ0n) is 14.6. The number of nitrogens with zero attached hydrogens (tertiary/aromatic N) is 4. The molecule has 0 spiro atoms. The Labute approximate surface area is 143 Å². The number of aromatic nitrogens is 2. The lowest BCUT2D eigenvalue weighted by Gasteiger charge is -2.24. The number of para-hydroxylation sites is 1. The molecule has 4 rings (SSSR count). The predicted octanol–water partition coefficient (Wildman–Crippen LogP) is 2.41. The summed E-state index contributed by atoms with van der Waals surface area (Å²) in [5.41, 5.74) is 3.47. The molecule has 1 aromatic heterocycles. The van der Waals surface area contributed by atoms with Gasteiger partial charge in [0.1, 0.15) is 24.0 Å². The largest absolute Gasteiger partial charge is 0.487 e. The summed E-state index contributed by atoms with van der Waals surface area (Å²) in [6.45, 7) is 4.57. The average molecular weight is 324 g/mol. The van der Waals surface area contributed by atoms with E-state index in [4.69, 9.17) is 9.72 Å². The molecule has 2 aliphatic rings. The van der Waals surface area contributed by atoms with Gasteiger partial charge in [-0.3, -0.25) is 0 Å². The maximum absolute atomic E-state index is 5.99. The fourth-order valence-electron chi connectivity index (χ4n) is 3.68. The number of benzene rings is 1. The van der Waals surface area contributed by atoms with Crippen LogP contribution in [0, 0.1) is 6.92 Å². The molecular weight excluding hydrogens is 300 g/mol. The zero-order valence-corrected chi connectivity index (χ0v) is 14.6. The zero-order chi connectivity index (χ0) is 16.7. The Morgan fingerprint density at radius 2 is 2.04 bits per heavy atom. The average Bonchev–Trinajstić information content (AvgIpc) is 2.98. The molecular formula is C19H24N4O. The van der Waals surface area contributed by atoms with Gasteiger partial charge in [-0.1, -0.05) is 18.2 Å². The first kappa shape index (κ1) is 15.4. The van der Waals surface area contributed by atoms with Gasteiger partial charge < -0.3 is 14.5 Å². The Balaban J connectivity index is 1.73. The summed E-state index contributed by atoms with van der Waals surface area (Å²) in [5, 5.41) is 0. The molecule has 0 amide bonds. The minimum absolute atomic E-state index is 0.521. The highest BCUT2D eigenvalue weighted by atomic mass is 16.5. The van der Waals surface area contributed by atoms with Crippen LogP contribution in [0.3, 0.4) is 0 Å². The first-order valence-corrected chi connectivity index (χ1v) is 8.60. The molecule has 3 heterocycles. The molecule has 1 atom stereocenters. The number of aryl methyl sites for hydroxylation is 1. The summed E-state index contributed by atoms with van der Waals surface area (Å²) in [6, 6.07) is 8.86. The van der Waals surface area contributed by atoms with Gasteiger partial charge in [0.2, 0.25) is 0 Å². The lowest BCUT2D eigenvalue weighted by atomic mass is 10.0. The van der Waals surface area contributed by atoms with Gasteiger partial charge in [0.05, 0.1) is 5.69 Å². The van der Waals surface area contributed by atoms with Crippen LogP contribution in [0.5, 0.6) is 5.75 Å². The van der Waals surface area contributed by atoms with Gasteiger partial charge in [0.15, 0.2) is 0 Å². The smallest absolute Gasteiger partial charge is 0.136 e. The summed E-state index contributed by atoms with van der Waals surface area (Å²) >= 11 is 0. The van der Waals surface area contributed by atoms with Crippen molar-refractivity contribution in [2.75, 3.05) is 32.1 Å². The highest BCUT2D eigenvalue weighted by Crippen LogP contribution is 2.33. The van der Waals surface area contributed by atoms with Crippen LogP contribution in [0.25, 0.3) is 0 Å². The van der Waals surface area contributed by atoms with Crippen molar-refractivity contribution in [2.24, 2.45) is 0 Å². The highest BCUT2D eigenvalue weighted by Gasteiger charge is 2.29. The van der Waals surface area contributed by atoms with Crippen LogP contribution in [0.1, 0.15) is 29.1 Å². The fraction of sp³-hybridized carbons (Fsp3) is 0.474. The van der Waals surface area contributed by atoms with Crippen molar-refractivity contribution in [3.63, 3.8) is 0 Å². The molecule has 24 heavy (non-hydrogen) atoms. The number of anilines is 1. The molecule has 1 saturated heterocycles. The lowest BCUT2D eigenvalue weighted by molar-refractivity contribution is 0.301. The van der Waals surface area contributed by atoms with E-state index in [9.17, 15) is 0 Å². The summed E-state index contributed by atoms with van der Waals surface area (Å²) in [5.74, 6) is 2.89. The van der Waals surface area contributed by atoms with E-state index in [-0.39, 0.29) is 0 Å². The van der Waals surface area contributed by atoms with Gasteiger partial charge in [0.25, 0.3) is 0 Å². The van der Waals surface area contributed by atoms with Gasteiger partial charge >= 0.3 is 0 Å². The van der Waals surface area contributed by atoms with Crippen molar-refractivity contribution < 1.29 is 4.74 Å². The third kappa shape index (κ3) is 2.73. The van der Waals surface area contributed by atoms with E-state index < -0.39 is 0 Å². The van der Waals surface area contributed by atoms with Crippen LogP contribution >= 0.6 is 0 Å². The Morgan fingerprint density at radius 1 is 1.21 bits per heavy atom. The van der Waals surface area contributed by atoms with E-state index in [1.165, 1.54) is 17.5 Å². The molecule has 1 fully saturated rings. The Morgan fingerprint density at radius 3 is 2.83 bits per heavy atom. The van der Waals surface area contributed by atoms with Crippen molar-refractivity contribution in [3.8, 4) is 5.75 Å². The Kier molecular flexibility index (Phi) is 3.88. The number of likely N-dealkylation sites (N-methyl/N-ethyl adjacent to an activating group) is 1. The van der Waals surface area contributed by atoms with Crippen molar-refractivity contribution in [1.29, 1.82) is 0 Å². The minimum atomic E-state index is 0.521. The maximum atomic E-state index is 5.99. The van der Waals surface area contributed by atoms with Crippen molar-refractivity contribution in [2.45, 2.75) is 32.4 Å². The maximum Gasteiger partial charge on any atom is 0.136 e. The fourth-order valence-corrected chi connectivity index (χ4v) is 3.68. The van der Waals surface area contributed by atoms with Crippen LogP contribution < -0.4 is 9.64 Å². The van der Waals surface area contributed by atoms with Gasteiger partial charge in [-0.05, 0) is 39.1 Å². The molecule has 0 saturated carbocycles. The molecule has 2 aliphatic heterocycles. The summed E-state index contributed by atoms with van der Waals surface area (Å²) < 4.78 is 5.99. The van der Waals surface area contributed by atoms with E-state index in [1.54, 1.807) is 0 Å². The van der Waals surface area contributed by atoms with Crippen LogP contribution in [0.4, 0.5) is 5.82 Å². The normalized spacial score (nSPS) is 19.7. The molecule has 0 N–H and O–H groups in total. The highest BCUT2D eigenvalue weighted by molar-refractivity contribution is 5.54. The van der Waals surface area contributed by atoms with E-state index in [0.717, 1.165) is 42.6 Å². The molecule has 1 aromatic carbocycles. The summed E-state index contributed by atoms with van der Waals surface area (Å²) in [6.07, 6.45) is 2.02. The van der Waals surface area contributed by atoms with Gasteiger partial charge in [-0.2, -0.15) is 0 Å². The molecule has 5 nitrogen and oxygen atoms in total. The SMILES string of the molecule is Cc1nc2c(c(N3CC[C@H](N(C)C)C3)n1)Cc1ccccc1OC2. The van der Waals surface area contributed by atoms with Crippen LogP contribution in [0.15, 0.2) is 24.3 Å². The molecule has 0 bridgehead atoms. The van der Waals surface area contributed by atoms with E-state index >= 15 is 0 Å². The molecule has 2 aromatic rings. The van der Waals surface area contributed by atoms with Crippen LogP contribution in [-0.4, -0.2) is 48.1 Å². The molecule has 5 heteroatoms. The van der Waals surface area contributed by atoms with E-state index in [0.29, 0.717) is 12.6 Å². The topological polar surface area (TPSA) is 41.5 Å².